The number of hydrogen-bond acceptors (Lipinski definition) is 4. The number of carbonyl (C=O) groups is 1. The topological polar surface area (TPSA) is 78.6 Å². The molecule has 5 heteroatoms. The first-order chi connectivity index (χ1) is 7.20. The Morgan fingerprint density at radius 3 is 2.73 bits per heavy atom. The monoisotopic (exact) mass is 215 g/mol. The predicted molar refractivity (Wildman–Crippen MR) is 58.4 cm³/mol. The molecule has 0 bridgehead atoms. The number of nitrogens with two attached hydrogens (primary N) is 1. The maximum atomic E-state index is 10.5. The second kappa shape index (κ2) is 6.76. The Labute approximate surface area is 90.6 Å². The molecule has 1 aliphatic rings. The third kappa shape index (κ3) is 5.11. The molecule has 1 rings (SSSR count). The molecule has 0 spiro atoms. The molecule has 1 unspecified atom stereocenters. The number of nitrogens with zero attached hydrogens (tertiary/aromatic N) is 1. The molecule has 0 saturated carbocycles. The highest BCUT2D eigenvalue weighted by molar-refractivity contribution is 5.78. The zero-order valence-corrected chi connectivity index (χ0v) is 9.11. The highest BCUT2D eigenvalue weighted by atomic mass is 16.3. The van der Waals surface area contributed by atoms with Crippen LogP contribution >= 0.6 is 0 Å². The lowest BCUT2D eigenvalue weighted by Gasteiger charge is -2.14. The molecule has 0 radical (unpaired) electrons. The lowest BCUT2D eigenvalue weighted by atomic mass is 10.3. The van der Waals surface area contributed by atoms with E-state index in [1.165, 1.54) is 25.9 Å². The molecule has 1 atom stereocenters. The number of nitrogens with one attached hydrogen (secondary N) is 1. The van der Waals surface area contributed by atoms with Crippen LogP contribution in [0.4, 0.5) is 0 Å². The highest BCUT2D eigenvalue weighted by Gasteiger charge is 2.11. The molecule has 1 amide bonds. The van der Waals surface area contributed by atoms with E-state index < -0.39 is 12.0 Å². The summed E-state index contributed by atoms with van der Waals surface area (Å²) in [5.41, 5.74) is 4.91. The SMILES string of the molecule is NC(=O)C(O)CNCCCN1CCCC1. The van der Waals surface area contributed by atoms with Crippen LogP contribution in [-0.2, 0) is 4.79 Å². The van der Waals surface area contributed by atoms with Crippen molar-refractivity contribution in [1.82, 2.24) is 10.2 Å². The lowest BCUT2D eigenvalue weighted by Crippen LogP contribution is -2.38. The molecular formula is C10H21N3O2. The van der Waals surface area contributed by atoms with Gasteiger partial charge in [0, 0.05) is 6.54 Å². The van der Waals surface area contributed by atoms with Gasteiger partial charge in [-0.05, 0) is 45.4 Å². The van der Waals surface area contributed by atoms with E-state index in [-0.39, 0.29) is 6.54 Å². The minimum Gasteiger partial charge on any atom is -0.382 e. The fourth-order valence-corrected chi connectivity index (χ4v) is 1.77. The van der Waals surface area contributed by atoms with E-state index >= 15 is 0 Å². The van der Waals surface area contributed by atoms with Gasteiger partial charge in [-0.15, -0.1) is 0 Å². The highest BCUT2D eigenvalue weighted by Crippen LogP contribution is 2.06. The van der Waals surface area contributed by atoms with Crippen LogP contribution in [0.2, 0.25) is 0 Å². The van der Waals surface area contributed by atoms with Gasteiger partial charge in [0.2, 0.25) is 5.91 Å². The first kappa shape index (κ1) is 12.4. The molecule has 1 fully saturated rings. The quantitative estimate of drug-likeness (QED) is 0.471. The van der Waals surface area contributed by atoms with Gasteiger partial charge in [0.1, 0.15) is 6.10 Å². The summed E-state index contributed by atoms with van der Waals surface area (Å²) in [6.45, 7) is 4.60. The average molecular weight is 215 g/mol. The number of carbonyl (C=O) groups excluding carboxylic acids is 1. The smallest absolute Gasteiger partial charge is 0.247 e. The van der Waals surface area contributed by atoms with Crippen LogP contribution in [0.25, 0.3) is 0 Å². The zero-order chi connectivity index (χ0) is 11.1. The van der Waals surface area contributed by atoms with E-state index in [2.05, 4.69) is 10.2 Å². The van der Waals surface area contributed by atoms with Crippen LogP contribution in [-0.4, -0.2) is 54.7 Å². The number of primary amides is 1. The summed E-state index contributed by atoms with van der Waals surface area (Å²) in [6, 6.07) is 0. The normalized spacial score (nSPS) is 19.3. The molecule has 88 valence electrons. The summed E-state index contributed by atoms with van der Waals surface area (Å²) in [5, 5.41) is 12.1. The molecule has 5 nitrogen and oxygen atoms in total. The molecule has 1 heterocycles. The number of likely N-dealkylation sites (tertiary alicyclic amines) is 1. The second-order valence-electron chi connectivity index (χ2n) is 4.02. The van der Waals surface area contributed by atoms with Crippen molar-refractivity contribution in [3.8, 4) is 0 Å². The second-order valence-corrected chi connectivity index (χ2v) is 4.02. The number of amides is 1. The predicted octanol–water partition coefficient (Wildman–Crippen LogP) is -1.09. The summed E-state index contributed by atoms with van der Waals surface area (Å²) >= 11 is 0. The number of aliphatic hydroxyl groups is 1. The van der Waals surface area contributed by atoms with Gasteiger partial charge in [0.15, 0.2) is 0 Å². The Hall–Kier alpha value is -0.650. The van der Waals surface area contributed by atoms with Gasteiger partial charge in [0.05, 0.1) is 0 Å². The Morgan fingerprint density at radius 2 is 2.13 bits per heavy atom. The largest absolute Gasteiger partial charge is 0.382 e. The van der Waals surface area contributed by atoms with E-state index in [1.807, 2.05) is 0 Å². The van der Waals surface area contributed by atoms with Gasteiger partial charge in [-0.2, -0.15) is 0 Å². The molecule has 0 aromatic rings. The van der Waals surface area contributed by atoms with E-state index in [4.69, 9.17) is 10.8 Å². The Bertz CT molecular complexity index is 193. The van der Waals surface area contributed by atoms with E-state index in [1.54, 1.807) is 0 Å². The fourth-order valence-electron chi connectivity index (χ4n) is 1.77. The first-order valence-electron chi connectivity index (χ1n) is 5.60. The summed E-state index contributed by atoms with van der Waals surface area (Å²) < 4.78 is 0. The first-order valence-corrected chi connectivity index (χ1v) is 5.60. The Balaban J connectivity index is 1.90. The van der Waals surface area contributed by atoms with Gasteiger partial charge in [-0.3, -0.25) is 4.79 Å². The van der Waals surface area contributed by atoms with Gasteiger partial charge in [-0.1, -0.05) is 0 Å². The zero-order valence-electron chi connectivity index (χ0n) is 9.11. The summed E-state index contributed by atoms with van der Waals surface area (Å²) in [6.07, 6.45) is 2.62. The van der Waals surface area contributed by atoms with Gasteiger partial charge >= 0.3 is 0 Å². The molecular weight excluding hydrogens is 194 g/mol. The van der Waals surface area contributed by atoms with Crippen LogP contribution < -0.4 is 11.1 Å². The van der Waals surface area contributed by atoms with Crippen LogP contribution in [0.5, 0.6) is 0 Å². The van der Waals surface area contributed by atoms with Crippen LogP contribution in [0.1, 0.15) is 19.3 Å². The minimum absolute atomic E-state index is 0.259. The molecule has 1 aliphatic heterocycles. The van der Waals surface area contributed by atoms with Crippen molar-refractivity contribution in [1.29, 1.82) is 0 Å². The molecule has 0 aromatic carbocycles. The summed E-state index contributed by atoms with van der Waals surface area (Å²) in [7, 11) is 0. The molecule has 0 aromatic heterocycles. The van der Waals surface area contributed by atoms with Crippen molar-refractivity contribution in [2.24, 2.45) is 5.73 Å². The van der Waals surface area contributed by atoms with Crippen molar-refractivity contribution < 1.29 is 9.90 Å². The van der Waals surface area contributed by atoms with Crippen molar-refractivity contribution in [3.63, 3.8) is 0 Å². The maximum Gasteiger partial charge on any atom is 0.247 e. The van der Waals surface area contributed by atoms with Crippen molar-refractivity contribution >= 4 is 5.91 Å². The molecule has 4 N–H and O–H groups in total. The third-order valence-corrected chi connectivity index (χ3v) is 2.69. The minimum atomic E-state index is -1.06. The Morgan fingerprint density at radius 1 is 1.47 bits per heavy atom. The number of aliphatic hydroxyl groups excluding tert-OH is 1. The standard InChI is InChI=1S/C10H21N3O2/c11-10(15)9(14)8-12-4-3-7-13-5-1-2-6-13/h9,12,14H,1-8H2,(H2,11,15). The van der Waals surface area contributed by atoms with Crippen molar-refractivity contribution in [2.45, 2.75) is 25.4 Å². The van der Waals surface area contributed by atoms with Gasteiger partial charge in [0.25, 0.3) is 0 Å². The van der Waals surface area contributed by atoms with E-state index in [0.717, 1.165) is 19.5 Å². The molecule has 1 saturated heterocycles. The molecule has 15 heavy (non-hydrogen) atoms. The van der Waals surface area contributed by atoms with Crippen molar-refractivity contribution in [2.75, 3.05) is 32.7 Å². The lowest BCUT2D eigenvalue weighted by molar-refractivity contribution is -0.125. The summed E-state index contributed by atoms with van der Waals surface area (Å²) in [5.74, 6) is -0.665. The summed E-state index contributed by atoms with van der Waals surface area (Å²) in [4.78, 5) is 12.9. The average Bonchev–Trinajstić information content (AvgIpc) is 2.69. The molecule has 0 aliphatic carbocycles. The number of hydrogen-bond donors (Lipinski definition) is 3. The van der Waals surface area contributed by atoms with E-state index in [9.17, 15) is 4.79 Å². The van der Waals surface area contributed by atoms with E-state index in [0.29, 0.717) is 0 Å². The van der Waals surface area contributed by atoms with Gasteiger partial charge < -0.3 is 21.1 Å². The maximum absolute atomic E-state index is 10.5. The number of rotatable bonds is 7. The van der Waals surface area contributed by atoms with Gasteiger partial charge in [-0.25, -0.2) is 0 Å². The Kier molecular flexibility index (Phi) is 5.60. The van der Waals surface area contributed by atoms with Crippen LogP contribution in [0.15, 0.2) is 0 Å². The van der Waals surface area contributed by atoms with Crippen LogP contribution in [0, 0.1) is 0 Å². The van der Waals surface area contributed by atoms with Crippen molar-refractivity contribution in [3.05, 3.63) is 0 Å². The third-order valence-electron chi connectivity index (χ3n) is 2.69. The fraction of sp³-hybridized carbons (Fsp3) is 0.900. The van der Waals surface area contributed by atoms with Crippen LogP contribution in [0.3, 0.4) is 0 Å².